The van der Waals surface area contributed by atoms with Crippen LogP contribution in [0.5, 0.6) is 0 Å². The van der Waals surface area contributed by atoms with Crippen LogP contribution in [0.4, 0.5) is 19.3 Å². The number of methoxy groups -OCH3 is 2. The van der Waals surface area contributed by atoms with E-state index in [2.05, 4.69) is 10.6 Å². The van der Waals surface area contributed by atoms with Crippen molar-refractivity contribution in [2.45, 2.75) is 19.3 Å². The lowest BCUT2D eigenvalue weighted by Gasteiger charge is -2.22. The average molecular weight is 274 g/mol. The Balaban J connectivity index is 2.60. The molecule has 19 heavy (non-hydrogen) atoms. The minimum atomic E-state index is -0.849. The Morgan fingerprint density at radius 1 is 1.26 bits per heavy atom. The number of hydrogen-bond donors (Lipinski definition) is 2. The second-order valence-corrected chi connectivity index (χ2v) is 3.85. The van der Waals surface area contributed by atoms with Crippen molar-refractivity contribution in [2.24, 2.45) is 0 Å². The molecule has 0 bridgehead atoms. The zero-order valence-electron chi connectivity index (χ0n) is 10.9. The van der Waals surface area contributed by atoms with Gasteiger partial charge < -0.3 is 20.1 Å². The third-order valence-electron chi connectivity index (χ3n) is 2.41. The lowest BCUT2D eigenvalue weighted by atomic mass is 10.3. The molecule has 0 aliphatic rings. The van der Waals surface area contributed by atoms with E-state index in [1.54, 1.807) is 6.92 Å². The van der Waals surface area contributed by atoms with Crippen molar-refractivity contribution in [1.29, 1.82) is 0 Å². The van der Waals surface area contributed by atoms with Gasteiger partial charge in [0.2, 0.25) is 0 Å². The number of benzene rings is 1. The maximum atomic E-state index is 13.3. The molecule has 0 aliphatic carbocycles. The van der Waals surface area contributed by atoms with Crippen LogP contribution in [0.1, 0.15) is 6.92 Å². The highest BCUT2D eigenvalue weighted by Gasteiger charge is 2.18. The summed E-state index contributed by atoms with van der Waals surface area (Å²) in [6, 6.07) is 1.79. The summed E-state index contributed by atoms with van der Waals surface area (Å²) in [4.78, 5) is 11.6. The molecular weight excluding hydrogens is 258 g/mol. The highest BCUT2D eigenvalue weighted by molar-refractivity contribution is 5.89. The molecule has 7 heteroatoms. The smallest absolute Gasteiger partial charge is 0.319 e. The number of rotatable bonds is 5. The first-order chi connectivity index (χ1) is 8.97. The number of anilines is 1. The van der Waals surface area contributed by atoms with E-state index in [4.69, 9.17) is 9.47 Å². The maximum absolute atomic E-state index is 13.3. The van der Waals surface area contributed by atoms with E-state index in [0.717, 1.165) is 12.1 Å². The number of halogens is 2. The van der Waals surface area contributed by atoms with Crippen LogP contribution >= 0.6 is 0 Å². The van der Waals surface area contributed by atoms with Gasteiger partial charge >= 0.3 is 6.03 Å². The van der Waals surface area contributed by atoms with Crippen molar-refractivity contribution in [1.82, 2.24) is 5.32 Å². The third kappa shape index (κ3) is 4.46. The number of amides is 2. The highest BCUT2D eigenvalue weighted by Crippen LogP contribution is 2.14. The summed E-state index contributed by atoms with van der Waals surface area (Å²) >= 11 is 0. The van der Waals surface area contributed by atoms with Crippen LogP contribution in [-0.4, -0.2) is 32.6 Å². The van der Waals surface area contributed by atoms with Gasteiger partial charge in [0.05, 0.1) is 11.7 Å². The minimum Gasteiger partial charge on any atom is -0.354 e. The van der Waals surface area contributed by atoms with Crippen LogP contribution in [0.2, 0.25) is 0 Å². The van der Waals surface area contributed by atoms with Crippen molar-refractivity contribution >= 4 is 11.7 Å². The van der Waals surface area contributed by atoms with E-state index in [1.165, 1.54) is 14.2 Å². The number of nitrogens with one attached hydrogen (secondary N) is 2. The van der Waals surface area contributed by atoms with Crippen molar-refractivity contribution in [3.05, 3.63) is 29.8 Å². The number of urea groups is 1. The van der Waals surface area contributed by atoms with Gasteiger partial charge in [-0.25, -0.2) is 13.6 Å². The third-order valence-corrected chi connectivity index (χ3v) is 2.41. The molecule has 0 saturated heterocycles. The molecule has 0 spiro atoms. The topological polar surface area (TPSA) is 59.6 Å². The predicted octanol–water partition coefficient (Wildman–Crippen LogP) is 2.09. The van der Waals surface area contributed by atoms with Crippen LogP contribution in [0, 0.1) is 11.6 Å². The fourth-order valence-electron chi connectivity index (χ4n) is 1.53. The fraction of sp³-hybridized carbons (Fsp3) is 0.417. The molecule has 2 amide bonds. The largest absolute Gasteiger partial charge is 0.354 e. The number of hydrogen-bond acceptors (Lipinski definition) is 3. The normalized spacial score (nSPS) is 12.3. The molecule has 1 unspecified atom stereocenters. The zero-order valence-corrected chi connectivity index (χ0v) is 10.9. The summed E-state index contributed by atoms with van der Waals surface area (Å²) in [7, 11) is 2.87. The van der Waals surface area contributed by atoms with E-state index in [1.807, 2.05) is 0 Å². The van der Waals surface area contributed by atoms with E-state index in [9.17, 15) is 13.6 Å². The van der Waals surface area contributed by atoms with E-state index < -0.39 is 30.0 Å². The van der Waals surface area contributed by atoms with Gasteiger partial charge in [0.25, 0.3) is 0 Å². The summed E-state index contributed by atoms with van der Waals surface area (Å²) in [5.74, 6) is -1.56. The van der Waals surface area contributed by atoms with Gasteiger partial charge in [0, 0.05) is 20.3 Å². The first kappa shape index (κ1) is 15.3. The summed E-state index contributed by atoms with van der Waals surface area (Å²) in [6.07, 6.45) is -0.621. The first-order valence-electron chi connectivity index (χ1n) is 5.56. The van der Waals surface area contributed by atoms with Crippen molar-refractivity contribution in [2.75, 3.05) is 19.5 Å². The monoisotopic (exact) mass is 274 g/mol. The molecule has 0 radical (unpaired) electrons. The minimum absolute atomic E-state index is 0.113. The Morgan fingerprint density at radius 2 is 1.89 bits per heavy atom. The lowest BCUT2D eigenvalue weighted by molar-refractivity contribution is -0.117. The molecule has 1 aromatic carbocycles. The second-order valence-electron chi connectivity index (χ2n) is 3.85. The van der Waals surface area contributed by atoms with Gasteiger partial charge in [-0.2, -0.15) is 0 Å². The van der Waals surface area contributed by atoms with Crippen molar-refractivity contribution < 1.29 is 23.0 Å². The number of ether oxygens (including phenoxy) is 2. The summed E-state index contributed by atoms with van der Waals surface area (Å²) in [5.41, 5.74) is -0.113. The zero-order chi connectivity index (χ0) is 14.4. The van der Waals surface area contributed by atoms with Crippen LogP contribution < -0.4 is 10.6 Å². The van der Waals surface area contributed by atoms with Crippen LogP contribution in [0.15, 0.2) is 18.2 Å². The maximum Gasteiger partial charge on any atom is 0.319 e. The molecule has 1 rings (SSSR count). The Kier molecular flexibility index (Phi) is 5.65. The van der Waals surface area contributed by atoms with E-state index in [-0.39, 0.29) is 5.69 Å². The molecule has 0 saturated carbocycles. The molecule has 0 heterocycles. The van der Waals surface area contributed by atoms with Crippen LogP contribution in [0.3, 0.4) is 0 Å². The Morgan fingerprint density at radius 3 is 2.42 bits per heavy atom. The van der Waals surface area contributed by atoms with Gasteiger partial charge in [-0.15, -0.1) is 0 Å². The molecule has 1 aromatic rings. The molecule has 5 nitrogen and oxygen atoms in total. The molecule has 2 N–H and O–H groups in total. The average Bonchev–Trinajstić information content (AvgIpc) is 2.34. The molecule has 0 aliphatic heterocycles. The van der Waals surface area contributed by atoms with Crippen molar-refractivity contribution in [3.8, 4) is 0 Å². The fourth-order valence-corrected chi connectivity index (χ4v) is 1.53. The van der Waals surface area contributed by atoms with Gasteiger partial charge in [0.1, 0.15) is 11.6 Å². The quantitative estimate of drug-likeness (QED) is 0.808. The SMILES string of the molecule is COC(OC)C(C)NC(=O)Nc1ccc(F)cc1F. The van der Waals surface area contributed by atoms with Crippen molar-refractivity contribution in [3.63, 3.8) is 0 Å². The molecule has 0 fully saturated rings. The first-order valence-corrected chi connectivity index (χ1v) is 5.56. The Labute approximate surface area is 109 Å². The van der Waals surface area contributed by atoms with Gasteiger partial charge in [-0.05, 0) is 19.1 Å². The standard InChI is InChI=1S/C12H16F2N2O3/c1-7(11(18-2)19-3)15-12(17)16-10-5-4-8(13)6-9(10)14/h4-7,11H,1-3H3,(H2,15,16,17). The summed E-state index contributed by atoms with van der Waals surface area (Å²) in [5, 5.41) is 4.78. The second kappa shape index (κ2) is 7.01. The summed E-state index contributed by atoms with van der Waals surface area (Å²) in [6.45, 7) is 1.66. The lowest BCUT2D eigenvalue weighted by Crippen LogP contribution is -2.44. The Hall–Kier alpha value is -1.73. The number of carbonyl (C=O) groups is 1. The van der Waals surface area contributed by atoms with Gasteiger partial charge in [-0.1, -0.05) is 0 Å². The highest BCUT2D eigenvalue weighted by atomic mass is 19.1. The molecule has 1 atom stereocenters. The van der Waals surface area contributed by atoms with Gasteiger partial charge in [-0.3, -0.25) is 0 Å². The van der Waals surface area contributed by atoms with Crippen LogP contribution in [0.25, 0.3) is 0 Å². The van der Waals surface area contributed by atoms with Gasteiger partial charge in [0.15, 0.2) is 6.29 Å². The number of carbonyl (C=O) groups excluding carboxylic acids is 1. The Bertz CT molecular complexity index is 439. The van der Waals surface area contributed by atoms with E-state index in [0.29, 0.717) is 6.07 Å². The molecular formula is C12H16F2N2O3. The molecule has 0 aromatic heterocycles. The van der Waals surface area contributed by atoms with E-state index >= 15 is 0 Å². The van der Waals surface area contributed by atoms with Crippen LogP contribution in [-0.2, 0) is 9.47 Å². The molecule has 106 valence electrons. The summed E-state index contributed by atoms with van der Waals surface area (Å²) < 4.78 is 35.9. The predicted molar refractivity (Wildman–Crippen MR) is 65.8 cm³/mol.